The van der Waals surface area contributed by atoms with E-state index in [0.717, 1.165) is 30.2 Å². The van der Waals surface area contributed by atoms with Gasteiger partial charge in [0, 0.05) is 31.4 Å². The lowest BCUT2D eigenvalue weighted by Gasteiger charge is -2.15. The van der Waals surface area contributed by atoms with Gasteiger partial charge in [0.2, 0.25) is 0 Å². The van der Waals surface area contributed by atoms with Crippen LogP contribution in [0.25, 0.3) is 0 Å². The number of H-pyrrole nitrogens is 1. The van der Waals surface area contributed by atoms with Crippen LogP contribution >= 0.6 is 0 Å². The second kappa shape index (κ2) is 6.85. The number of carbonyl (C=O) groups is 1. The van der Waals surface area contributed by atoms with E-state index in [9.17, 15) is 4.79 Å². The first-order valence-corrected chi connectivity index (χ1v) is 8.22. The van der Waals surface area contributed by atoms with Crippen LogP contribution in [0, 0.1) is 12.8 Å². The summed E-state index contributed by atoms with van der Waals surface area (Å²) in [4.78, 5) is 19.3. The zero-order valence-electron chi connectivity index (χ0n) is 13.7. The van der Waals surface area contributed by atoms with E-state index >= 15 is 0 Å². The highest BCUT2D eigenvalue weighted by Gasteiger charge is 2.31. The fourth-order valence-electron chi connectivity index (χ4n) is 2.75. The third-order valence-corrected chi connectivity index (χ3v) is 4.22. The molecule has 0 aliphatic heterocycles. The molecule has 1 saturated carbocycles. The summed E-state index contributed by atoms with van der Waals surface area (Å²) < 4.78 is 1.94. The number of nitrogens with zero attached hydrogens (tertiary/aromatic N) is 3. The Labute approximate surface area is 135 Å². The molecule has 3 N–H and O–H groups in total. The average molecular weight is 316 g/mol. The van der Waals surface area contributed by atoms with Gasteiger partial charge < -0.3 is 10.3 Å². The van der Waals surface area contributed by atoms with Crippen molar-refractivity contribution in [1.82, 2.24) is 25.1 Å². The number of hydrogen-bond donors (Lipinski definition) is 3. The Morgan fingerprint density at radius 1 is 1.52 bits per heavy atom. The SMILES string of the molecule is Cc1cc(NC(=O)NCCCc2ncc[nH]2)n(C(C)C2CC2)n1. The third kappa shape index (κ3) is 4.12. The van der Waals surface area contributed by atoms with Crippen molar-refractivity contribution in [3.8, 4) is 0 Å². The van der Waals surface area contributed by atoms with E-state index in [1.165, 1.54) is 12.8 Å². The van der Waals surface area contributed by atoms with E-state index in [1.807, 2.05) is 17.7 Å². The number of amides is 2. The van der Waals surface area contributed by atoms with Gasteiger partial charge in [0.1, 0.15) is 11.6 Å². The van der Waals surface area contributed by atoms with Crippen LogP contribution in [-0.2, 0) is 6.42 Å². The Morgan fingerprint density at radius 2 is 2.35 bits per heavy atom. The summed E-state index contributed by atoms with van der Waals surface area (Å²) in [5, 5.41) is 10.3. The van der Waals surface area contributed by atoms with Crippen molar-refractivity contribution in [2.24, 2.45) is 5.92 Å². The lowest BCUT2D eigenvalue weighted by molar-refractivity contribution is 0.251. The molecule has 0 saturated heterocycles. The molecule has 2 aromatic rings. The molecule has 2 aromatic heterocycles. The van der Waals surface area contributed by atoms with E-state index in [-0.39, 0.29) is 6.03 Å². The maximum atomic E-state index is 12.1. The van der Waals surface area contributed by atoms with Crippen LogP contribution in [0.3, 0.4) is 0 Å². The number of aromatic amines is 1. The van der Waals surface area contributed by atoms with E-state index in [2.05, 4.69) is 32.6 Å². The molecule has 0 radical (unpaired) electrons. The van der Waals surface area contributed by atoms with E-state index in [0.29, 0.717) is 18.5 Å². The normalized spacial score (nSPS) is 15.4. The Kier molecular flexibility index (Phi) is 4.64. The summed E-state index contributed by atoms with van der Waals surface area (Å²) >= 11 is 0. The minimum atomic E-state index is -0.186. The summed E-state index contributed by atoms with van der Waals surface area (Å²) in [5.74, 6) is 2.40. The summed E-state index contributed by atoms with van der Waals surface area (Å²) in [5.41, 5.74) is 0.922. The first kappa shape index (κ1) is 15.6. The standard InChI is InChI=1S/C16H24N6O/c1-11-10-15(22(21-11)12(2)13-5-6-13)20-16(23)19-7-3-4-14-17-8-9-18-14/h8-10,12-13H,3-7H2,1-2H3,(H,17,18)(H2,19,20,23). The maximum Gasteiger partial charge on any atom is 0.320 e. The Balaban J connectivity index is 1.47. The van der Waals surface area contributed by atoms with E-state index in [1.54, 1.807) is 12.4 Å². The first-order valence-electron chi connectivity index (χ1n) is 8.22. The van der Waals surface area contributed by atoms with Gasteiger partial charge in [-0.1, -0.05) is 0 Å². The molecule has 2 amide bonds. The van der Waals surface area contributed by atoms with Crippen molar-refractivity contribution >= 4 is 11.8 Å². The first-order chi connectivity index (χ1) is 11.1. The highest BCUT2D eigenvalue weighted by Crippen LogP contribution is 2.40. The number of rotatable bonds is 7. The van der Waals surface area contributed by atoms with Gasteiger partial charge in [0.05, 0.1) is 11.7 Å². The number of anilines is 1. The summed E-state index contributed by atoms with van der Waals surface area (Å²) in [7, 11) is 0. The molecular formula is C16H24N6O. The molecule has 1 atom stereocenters. The van der Waals surface area contributed by atoms with Crippen LogP contribution in [0.5, 0.6) is 0 Å². The van der Waals surface area contributed by atoms with Gasteiger partial charge in [0.25, 0.3) is 0 Å². The number of nitrogens with one attached hydrogen (secondary N) is 3. The zero-order chi connectivity index (χ0) is 16.2. The molecule has 1 fully saturated rings. The Morgan fingerprint density at radius 3 is 3.04 bits per heavy atom. The van der Waals surface area contributed by atoms with Gasteiger partial charge in [-0.25, -0.2) is 14.5 Å². The molecule has 1 unspecified atom stereocenters. The monoisotopic (exact) mass is 316 g/mol. The second-order valence-electron chi connectivity index (χ2n) is 6.21. The zero-order valence-corrected chi connectivity index (χ0v) is 13.7. The molecule has 7 nitrogen and oxygen atoms in total. The molecule has 1 aliphatic carbocycles. The molecule has 2 heterocycles. The highest BCUT2D eigenvalue weighted by molar-refractivity contribution is 5.88. The smallest absolute Gasteiger partial charge is 0.320 e. The third-order valence-electron chi connectivity index (χ3n) is 4.22. The fourth-order valence-corrected chi connectivity index (χ4v) is 2.75. The molecule has 0 aromatic carbocycles. The van der Waals surface area contributed by atoms with E-state index in [4.69, 9.17) is 0 Å². The van der Waals surface area contributed by atoms with Crippen LogP contribution < -0.4 is 10.6 Å². The van der Waals surface area contributed by atoms with Gasteiger partial charge in [-0.2, -0.15) is 5.10 Å². The molecule has 0 bridgehead atoms. The summed E-state index contributed by atoms with van der Waals surface area (Å²) in [6, 6.07) is 2.06. The summed E-state index contributed by atoms with van der Waals surface area (Å²) in [6.45, 7) is 4.72. The molecular weight excluding hydrogens is 292 g/mol. The number of aromatic nitrogens is 4. The highest BCUT2D eigenvalue weighted by atomic mass is 16.2. The number of urea groups is 1. The molecule has 3 rings (SSSR count). The molecule has 124 valence electrons. The van der Waals surface area contributed by atoms with Gasteiger partial charge >= 0.3 is 6.03 Å². The number of imidazole rings is 1. The quantitative estimate of drug-likeness (QED) is 0.686. The lowest BCUT2D eigenvalue weighted by atomic mass is 10.2. The predicted molar refractivity (Wildman–Crippen MR) is 88.3 cm³/mol. The lowest BCUT2D eigenvalue weighted by Crippen LogP contribution is -2.31. The van der Waals surface area contributed by atoms with Gasteiger partial charge in [-0.3, -0.25) is 5.32 Å². The topological polar surface area (TPSA) is 87.6 Å². The van der Waals surface area contributed by atoms with Crippen molar-refractivity contribution in [3.63, 3.8) is 0 Å². The molecule has 7 heteroatoms. The average Bonchev–Trinajstić information content (AvgIpc) is 3.12. The van der Waals surface area contributed by atoms with Crippen molar-refractivity contribution in [3.05, 3.63) is 30.0 Å². The second-order valence-corrected chi connectivity index (χ2v) is 6.21. The van der Waals surface area contributed by atoms with Crippen LogP contribution in [0.4, 0.5) is 10.6 Å². The van der Waals surface area contributed by atoms with Gasteiger partial charge in [-0.15, -0.1) is 0 Å². The fraction of sp³-hybridized carbons (Fsp3) is 0.562. The van der Waals surface area contributed by atoms with Crippen molar-refractivity contribution in [1.29, 1.82) is 0 Å². The van der Waals surface area contributed by atoms with Crippen molar-refractivity contribution in [2.45, 2.75) is 45.6 Å². The largest absolute Gasteiger partial charge is 0.349 e. The Bertz CT molecular complexity index is 644. The van der Waals surface area contributed by atoms with Crippen LogP contribution in [0.2, 0.25) is 0 Å². The van der Waals surface area contributed by atoms with Gasteiger partial charge in [-0.05, 0) is 39.0 Å². The molecule has 0 spiro atoms. The number of aryl methyl sites for hydroxylation is 2. The van der Waals surface area contributed by atoms with Crippen LogP contribution in [0.1, 0.15) is 43.7 Å². The Hall–Kier alpha value is -2.31. The minimum absolute atomic E-state index is 0.186. The number of hydrogen-bond acceptors (Lipinski definition) is 3. The molecule has 23 heavy (non-hydrogen) atoms. The minimum Gasteiger partial charge on any atom is -0.349 e. The predicted octanol–water partition coefficient (Wildman–Crippen LogP) is 2.64. The molecule has 1 aliphatic rings. The van der Waals surface area contributed by atoms with Crippen LogP contribution in [-0.4, -0.2) is 32.3 Å². The van der Waals surface area contributed by atoms with Gasteiger partial charge in [0.15, 0.2) is 0 Å². The number of carbonyl (C=O) groups excluding carboxylic acids is 1. The summed E-state index contributed by atoms with van der Waals surface area (Å²) in [6.07, 6.45) is 7.71. The van der Waals surface area contributed by atoms with E-state index < -0.39 is 0 Å². The van der Waals surface area contributed by atoms with Crippen LogP contribution in [0.15, 0.2) is 18.5 Å². The van der Waals surface area contributed by atoms with Crippen molar-refractivity contribution in [2.75, 3.05) is 11.9 Å². The van der Waals surface area contributed by atoms with Crippen molar-refractivity contribution < 1.29 is 4.79 Å². The maximum absolute atomic E-state index is 12.1.